The summed E-state index contributed by atoms with van der Waals surface area (Å²) in [6.07, 6.45) is 4.85. The summed E-state index contributed by atoms with van der Waals surface area (Å²) in [5, 5.41) is 0.685. The number of pyridine rings is 2. The number of aromatic nitrogens is 2. The Balaban J connectivity index is 1.27. The number of fused-ring (bicyclic) bond motifs is 1. The fourth-order valence-corrected chi connectivity index (χ4v) is 2.91. The van der Waals surface area contributed by atoms with E-state index in [2.05, 4.69) is 9.97 Å². The van der Waals surface area contributed by atoms with Crippen LogP contribution in [-0.4, -0.2) is 68.8 Å². The Hall–Kier alpha value is -3.34. The van der Waals surface area contributed by atoms with Crippen molar-refractivity contribution in [1.82, 2.24) is 9.97 Å². The highest BCUT2D eigenvalue weighted by Gasteiger charge is 2.10. The number of carbonyl (C=O) groups is 1. The molecule has 35 heavy (non-hydrogen) atoms. The zero-order valence-corrected chi connectivity index (χ0v) is 19.9. The van der Waals surface area contributed by atoms with Crippen LogP contribution in [0.15, 0.2) is 52.1 Å². The molecule has 3 aromatic rings. The first-order valence-electron chi connectivity index (χ1n) is 11.4. The molecule has 0 spiro atoms. The van der Waals surface area contributed by atoms with Crippen LogP contribution in [0.2, 0.25) is 0 Å². The predicted octanol–water partition coefficient (Wildman–Crippen LogP) is 2.88. The number of rotatable bonds is 15. The summed E-state index contributed by atoms with van der Waals surface area (Å²) in [5.41, 5.74) is 1.05. The van der Waals surface area contributed by atoms with Gasteiger partial charge in [-0.2, -0.15) is 0 Å². The molecule has 0 aliphatic rings. The van der Waals surface area contributed by atoms with E-state index < -0.39 is 5.63 Å². The van der Waals surface area contributed by atoms with E-state index in [9.17, 15) is 9.59 Å². The molecule has 0 radical (unpaired) electrons. The second-order valence-corrected chi connectivity index (χ2v) is 7.76. The minimum absolute atomic E-state index is 0.137. The van der Waals surface area contributed by atoms with Crippen LogP contribution < -0.4 is 10.4 Å². The molecule has 3 aromatic heterocycles. The van der Waals surface area contributed by atoms with Crippen molar-refractivity contribution in [3.8, 4) is 17.0 Å². The topological polar surface area (TPSA) is 119 Å². The summed E-state index contributed by atoms with van der Waals surface area (Å²) >= 11 is 0. The fourth-order valence-electron chi connectivity index (χ4n) is 2.91. The highest BCUT2D eigenvalue weighted by Crippen LogP contribution is 2.22. The van der Waals surface area contributed by atoms with E-state index in [1.54, 1.807) is 56.7 Å². The Kier molecular flexibility index (Phi) is 10.6. The van der Waals surface area contributed by atoms with Crippen molar-refractivity contribution in [2.45, 2.75) is 13.8 Å². The van der Waals surface area contributed by atoms with E-state index in [1.165, 1.54) is 0 Å². The van der Waals surface area contributed by atoms with Gasteiger partial charge < -0.3 is 28.1 Å². The lowest BCUT2D eigenvalue weighted by atomic mass is 10.1. The zero-order valence-electron chi connectivity index (χ0n) is 19.9. The van der Waals surface area contributed by atoms with Crippen molar-refractivity contribution in [3.63, 3.8) is 0 Å². The molecular formula is C25H30N2O8. The normalized spacial score (nSPS) is 11.2. The summed E-state index contributed by atoms with van der Waals surface area (Å²) in [6.45, 7) is 6.45. The minimum atomic E-state index is -0.453. The van der Waals surface area contributed by atoms with Gasteiger partial charge in [-0.25, -0.2) is 9.78 Å². The van der Waals surface area contributed by atoms with E-state index in [0.29, 0.717) is 67.6 Å². The molecule has 0 unspecified atom stereocenters. The van der Waals surface area contributed by atoms with E-state index in [1.807, 2.05) is 0 Å². The third-order valence-corrected chi connectivity index (χ3v) is 4.73. The molecule has 3 rings (SSSR count). The third kappa shape index (κ3) is 8.75. The lowest BCUT2D eigenvalue weighted by Gasteiger charge is -2.09. The monoisotopic (exact) mass is 486 g/mol. The molecule has 0 saturated heterocycles. The highest BCUT2D eigenvalue weighted by atomic mass is 16.6. The smallest absolute Gasteiger partial charge is 0.344 e. The summed E-state index contributed by atoms with van der Waals surface area (Å²) in [7, 11) is 0. The summed E-state index contributed by atoms with van der Waals surface area (Å²) in [5.74, 6) is -0.0304. The van der Waals surface area contributed by atoms with Crippen molar-refractivity contribution in [2.75, 3.05) is 52.9 Å². The largest absolute Gasteiger partial charge is 0.475 e. The summed E-state index contributed by atoms with van der Waals surface area (Å²) < 4.78 is 32.2. The Morgan fingerprint density at radius 3 is 2.29 bits per heavy atom. The summed E-state index contributed by atoms with van der Waals surface area (Å²) in [4.78, 5) is 31.9. The molecule has 0 saturated carbocycles. The Labute approximate surface area is 203 Å². The number of ether oxygens (including phenoxy) is 5. The molecule has 0 N–H and O–H groups in total. The maximum Gasteiger partial charge on any atom is 0.344 e. The van der Waals surface area contributed by atoms with Crippen molar-refractivity contribution in [3.05, 3.63) is 53.3 Å². The van der Waals surface area contributed by atoms with Gasteiger partial charge >= 0.3 is 11.6 Å². The molecule has 0 aliphatic carbocycles. The van der Waals surface area contributed by atoms with E-state index in [-0.39, 0.29) is 25.1 Å². The first-order chi connectivity index (χ1) is 17.0. The van der Waals surface area contributed by atoms with Gasteiger partial charge in [-0.05, 0) is 12.1 Å². The zero-order chi connectivity index (χ0) is 24.9. The van der Waals surface area contributed by atoms with Crippen molar-refractivity contribution < 1.29 is 32.9 Å². The Morgan fingerprint density at radius 2 is 1.63 bits per heavy atom. The van der Waals surface area contributed by atoms with E-state index in [0.717, 1.165) is 0 Å². The molecule has 0 atom stereocenters. The van der Waals surface area contributed by atoms with Gasteiger partial charge in [0.2, 0.25) is 5.88 Å². The van der Waals surface area contributed by atoms with E-state index >= 15 is 0 Å². The molecule has 0 aromatic carbocycles. The van der Waals surface area contributed by atoms with Crippen molar-refractivity contribution in [2.24, 2.45) is 5.92 Å². The first kappa shape index (κ1) is 26.3. The average Bonchev–Trinajstić information content (AvgIpc) is 2.86. The molecule has 0 aliphatic heterocycles. The highest BCUT2D eigenvalue weighted by molar-refractivity contribution is 5.81. The van der Waals surface area contributed by atoms with Crippen LogP contribution in [-0.2, 0) is 23.7 Å². The van der Waals surface area contributed by atoms with Crippen molar-refractivity contribution >= 4 is 16.9 Å². The van der Waals surface area contributed by atoms with Gasteiger partial charge in [0.25, 0.3) is 0 Å². The first-order valence-corrected chi connectivity index (χ1v) is 11.4. The molecule has 3 heterocycles. The molecule has 0 fully saturated rings. The van der Waals surface area contributed by atoms with Crippen LogP contribution in [0.4, 0.5) is 0 Å². The molecule has 0 bridgehead atoms. The van der Waals surface area contributed by atoms with Gasteiger partial charge in [-0.3, -0.25) is 9.78 Å². The molecule has 188 valence electrons. The van der Waals surface area contributed by atoms with Crippen molar-refractivity contribution in [1.29, 1.82) is 0 Å². The number of hydrogen-bond acceptors (Lipinski definition) is 10. The minimum Gasteiger partial charge on any atom is -0.475 e. The maximum atomic E-state index is 12.4. The van der Waals surface area contributed by atoms with Crippen LogP contribution in [0.1, 0.15) is 13.8 Å². The van der Waals surface area contributed by atoms with E-state index in [4.69, 9.17) is 28.1 Å². The van der Waals surface area contributed by atoms with Gasteiger partial charge in [0.1, 0.15) is 18.8 Å². The Morgan fingerprint density at radius 1 is 0.943 bits per heavy atom. The molecule has 0 amide bonds. The second-order valence-electron chi connectivity index (χ2n) is 7.76. The quantitative estimate of drug-likeness (QED) is 0.234. The van der Waals surface area contributed by atoms with Gasteiger partial charge in [0, 0.05) is 35.6 Å². The lowest BCUT2D eigenvalue weighted by Crippen LogP contribution is -2.17. The van der Waals surface area contributed by atoms with Gasteiger partial charge in [0.05, 0.1) is 51.1 Å². The average molecular weight is 487 g/mol. The standard InChI is InChI=1S/C25H30N2O8/c1-18(2)24(28)34-13-11-32-9-7-30-6-8-31-10-12-33-23-15-22-20(17-27-23)14-21(25(29)35-22)19-4-3-5-26-16-19/h3-5,14-18H,6-13H2,1-2H3. The maximum absolute atomic E-state index is 12.4. The number of carbonyl (C=O) groups excluding carboxylic acids is 1. The SMILES string of the molecule is CC(C)C(=O)OCCOCCOCCOCCOc1cc2oc(=O)c(-c3cccnc3)cc2cn1. The predicted molar refractivity (Wildman–Crippen MR) is 127 cm³/mol. The second kappa shape index (κ2) is 14.1. The third-order valence-electron chi connectivity index (χ3n) is 4.73. The van der Waals surface area contributed by atoms with Gasteiger partial charge in [-0.15, -0.1) is 0 Å². The fraction of sp³-hybridized carbons (Fsp3) is 0.440. The van der Waals surface area contributed by atoms with Crippen LogP contribution in [0.5, 0.6) is 5.88 Å². The van der Waals surface area contributed by atoms with Gasteiger partial charge in [-0.1, -0.05) is 19.9 Å². The number of nitrogens with zero attached hydrogens (tertiary/aromatic N) is 2. The van der Waals surface area contributed by atoms with Gasteiger partial charge in [0.15, 0.2) is 0 Å². The Bertz CT molecular complexity index is 1120. The number of hydrogen-bond donors (Lipinski definition) is 0. The number of esters is 1. The van der Waals surface area contributed by atoms with Crippen LogP contribution in [0.3, 0.4) is 0 Å². The van der Waals surface area contributed by atoms with Crippen LogP contribution >= 0.6 is 0 Å². The van der Waals surface area contributed by atoms with Crippen LogP contribution in [0.25, 0.3) is 22.1 Å². The molecular weight excluding hydrogens is 456 g/mol. The molecule has 10 nitrogen and oxygen atoms in total. The lowest BCUT2D eigenvalue weighted by molar-refractivity contribution is -0.149. The summed E-state index contributed by atoms with van der Waals surface area (Å²) in [6, 6.07) is 6.86. The van der Waals surface area contributed by atoms with Crippen LogP contribution in [0, 0.1) is 5.92 Å². The molecule has 10 heteroatoms.